The predicted octanol–water partition coefficient (Wildman–Crippen LogP) is 3.38. The van der Waals surface area contributed by atoms with E-state index in [4.69, 9.17) is 22.7 Å². The molecule has 4 N–H and O–H groups in total. The number of rotatable bonds is 7. The van der Waals surface area contributed by atoms with Crippen molar-refractivity contribution in [3.05, 3.63) is 41.3 Å². The monoisotopic (exact) mass is 343 g/mol. The van der Waals surface area contributed by atoms with Gasteiger partial charge in [-0.1, -0.05) is 11.6 Å². The fourth-order valence-electron chi connectivity index (χ4n) is 3.03. The molecule has 0 atom stereocenters. The number of nitrogens with two attached hydrogens (primary N) is 1. The molecule has 2 aromatic rings. The Morgan fingerprint density at radius 2 is 2.21 bits per heavy atom. The van der Waals surface area contributed by atoms with E-state index >= 15 is 0 Å². The maximum atomic E-state index is 7.66. The van der Waals surface area contributed by atoms with Crippen molar-refractivity contribution in [1.82, 2.24) is 15.3 Å². The zero-order chi connectivity index (χ0) is 16.9. The first-order valence-corrected chi connectivity index (χ1v) is 8.67. The largest absolute Gasteiger partial charge is 0.388 e. The number of allylic oxidation sites excluding steroid dienone is 1. The summed E-state index contributed by atoms with van der Waals surface area (Å²) < 4.78 is 0. The van der Waals surface area contributed by atoms with Crippen LogP contribution in [0, 0.1) is 11.3 Å². The normalized spacial score (nSPS) is 20.7. The summed E-state index contributed by atoms with van der Waals surface area (Å²) in [5, 5.41) is 11.7. The summed E-state index contributed by atoms with van der Waals surface area (Å²) in [5.74, 6) is 0.783. The molecular formula is C18H22ClN5. The van der Waals surface area contributed by atoms with Gasteiger partial charge in [0, 0.05) is 29.1 Å². The minimum Gasteiger partial charge on any atom is -0.388 e. The minimum absolute atomic E-state index is 0.477. The summed E-state index contributed by atoms with van der Waals surface area (Å²) in [6, 6.07) is 5.91. The molecule has 1 saturated carbocycles. The second kappa shape index (κ2) is 7.73. The Balaban J connectivity index is 1.67. The van der Waals surface area contributed by atoms with Gasteiger partial charge in [0.15, 0.2) is 0 Å². The topological polar surface area (TPSA) is 87.7 Å². The third kappa shape index (κ3) is 3.91. The summed E-state index contributed by atoms with van der Waals surface area (Å²) in [6.45, 7) is 0.775. The number of nitrogens with zero attached hydrogens (tertiary/aromatic N) is 2. The number of hydrogen-bond acceptors (Lipinski definition) is 5. The van der Waals surface area contributed by atoms with Crippen molar-refractivity contribution in [3.63, 3.8) is 0 Å². The van der Waals surface area contributed by atoms with Crippen LogP contribution in [0.5, 0.6) is 0 Å². The molecule has 1 aliphatic carbocycles. The molecule has 0 spiro atoms. The molecule has 6 heteroatoms. The SMILES string of the molecule is N=C/C(=C\NC1CC(CCCN)C1)c1cnc2ccc(Cl)cc2n1. The maximum absolute atomic E-state index is 7.66. The van der Waals surface area contributed by atoms with E-state index in [0.717, 1.165) is 35.5 Å². The Morgan fingerprint density at radius 3 is 2.96 bits per heavy atom. The van der Waals surface area contributed by atoms with Gasteiger partial charge in [0.2, 0.25) is 0 Å². The fraction of sp³-hybridized carbons (Fsp3) is 0.389. The van der Waals surface area contributed by atoms with E-state index in [0.29, 0.717) is 16.8 Å². The van der Waals surface area contributed by atoms with Gasteiger partial charge in [0.25, 0.3) is 0 Å². The van der Waals surface area contributed by atoms with Gasteiger partial charge in [0.05, 0.1) is 22.9 Å². The summed E-state index contributed by atoms with van der Waals surface area (Å²) in [6.07, 6.45) is 9.53. The molecule has 1 aromatic heterocycles. The van der Waals surface area contributed by atoms with Crippen LogP contribution in [-0.2, 0) is 0 Å². The number of aromatic nitrogens is 2. The van der Waals surface area contributed by atoms with E-state index in [1.54, 1.807) is 18.3 Å². The van der Waals surface area contributed by atoms with Gasteiger partial charge in [-0.05, 0) is 56.3 Å². The first-order valence-electron chi connectivity index (χ1n) is 8.29. The molecule has 1 heterocycles. The van der Waals surface area contributed by atoms with Gasteiger partial charge < -0.3 is 16.5 Å². The molecule has 1 fully saturated rings. The summed E-state index contributed by atoms with van der Waals surface area (Å²) in [5.41, 5.74) is 8.47. The van der Waals surface area contributed by atoms with Crippen LogP contribution in [-0.4, -0.2) is 28.8 Å². The highest BCUT2D eigenvalue weighted by atomic mass is 35.5. The fourth-order valence-corrected chi connectivity index (χ4v) is 3.20. The molecule has 0 saturated heterocycles. The van der Waals surface area contributed by atoms with Gasteiger partial charge in [-0.15, -0.1) is 0 Å². The zero-order valence-corrected chi connectivity index (χ0v) is 14.3. The summed E-state index contributed by atoms with van der Waals surface area (Å²) in [4.78, 5) is 8.96. The Labute approximate surface area is 146 Å². The third-order valence-electron chi connectivity index (χ3n) is 4.48. The van der Waals surface area contributed by atoms with E-state index in [2.05, 4.69) is 15.3 Å². The third-order valence-corrected chi connectivity index (χ3v) is 4.72. The molecule has 3 rings (SSSR count). The smallest absolute Gasteiger partial charge is 0.0922 e. The highest BCUT2D eigenvalue weighted by Gasteiger charge is 2.27. The average Bonchev–Trinajstić information content (AvgIpc) is 2.55. The Morgan fingerprint density at radius 1 is 1.38 bits per heavy atom. The summed E-state index contributed by atoms with van der Waals surface area (Å²) in [7, 11) is 0. The standard InChI is InChI=1S/C18H22ClN5/c19-14-3-4-16-17(8-14)24-18(11-23-16)13(9-21)10-22-15-6-12(7-15)2-1-5-20/h3-4,8-12,15,21-22H,1-2,5-7,20H2/b13-10+,21-9?. The van der Waals surface area contributed by atoms with Crippen molar-refractivity contribution in [2.75, 3.05) is 6.54 Å². The van der Waals surface area contributed by atoms with E-state index in [-0.39, 0.29) is 0 Å². The molecule has 5 nitrogen and oxygen atoms in total. The predicted molar refractivity (Wildman–Crippen MR) is 99.2 cm³/mol. The van der Waals surface area contributed by atoms with Gasteiger partial charge in [-0.25, -0.2) is 4.98 Å². The molecule has 1 aromatic carbocycles. The van der Waals surface area contributed by atoms with Gasteiger partial charge in [-0.2, -0.15) is 0 Å². The average molecular weight is 344 g/mol. The van der Waals surface area contributed by atoms with Crippen molar-refractivity contribution in [3.8, 4) is 0 Å². The van der Waals surface area contributed by atoms with Crippen molar-refractivity contribution >= 4 is 34.4 Å². The van der Waals surface area contributed by atoms with Crippen LogP contribution in [0.3, 0.4) is 0 Å². The van der Waals surface area contributed by atoms with E-state index in [1.165, 1.54) is 25.5 Å². The zero-order valence-electron chi connectivity index (χ0n) is 13.5. The molecule has 0 unspecified atom stereocenters. The van der Waals surface area contributed by atoms with Crippen molar-refractivity contribution in [2.24, 2.45) is 11.7 Å². The quantitative estimate of drug-likeness (QED) is 0.672. The summed E-state index contributed by atoms with van der Waals surface area (Å²) >= 11 is 6.02. The Bertz CT molecular complexity index is 752. The van der Waals surface area contributed by atoms with Crippen LogP contribution in [0.25, 0.3) is 16.6 Å². The van der Waals surface area contributed by atoms with Crippen molar-refractivity contribution < 1.29 is 0 Å². The van der Waals surface area contributed by atoms with E-state index in [1.807, 2.05) is 12.3 Å². The van der Waals surface area contributed by atoms with Crippen LogP contribution in [0.15, 0.2) is 30.6 Å². The van der Waals surface area contributed by atoms with Gasteiger partial charge in [0.1, 0.15) is 0 Å². The van der Waals surface area contributed by atoms with Gasteiger partial charge in [-0.3, -0.25) is 4.98 Å². The lowest BCUT2D eigenvalue weighted by atomic mass is 9.77. The lowest BCUT2D eigenvalue weighted by Gasteiger charge is -2.35. The van der Waals surface area contributed by atoms with Crippen LogP contribution in [0.4, 0.5) is 0 Å². The van der Waals surface area contributed by atoms with Crippen molar-refractivity contribution in [1.29, 1.82) is 5.41 Å². The Kier molecular flexibility index (Phi) is 5.43. The second-order valence-corrected chi connectivity index (χ2v) is 6.70. The highest BCUT2D eigenvalue weighted by molar-refractivity contribution is 6.31. The van der Waals surface area contributed by atoms with E-state index < -0.39 is 0 Å². The van der Waals surface area contributed by atoms with Gasteiger partial charge >= 0.3 is 0 Å². The maximum Gasteiger partial charge on any atom is 0.0922 e. The lowest BCUT2D eigenvalue weighted by molar-refractivity contribution is 0.223. The highest BCUT2D eigenvalue weighted by Crippen LogP contribution is 2.31. The first kappa shape index (κ1) is 16.9. The molecule has 24 heavy (non-hydrogen) atoms. The lowest BCUT2D eigenvalue weighted by Crippen LogP contribution is -2.38. The number of halogens is 1. The molecule has 0 amide bonds. The van der Waals surface area contributed by atoms with Crippen molar-refractivity contribution in [2.45, 2.75) is 31.7 Å². The van der Waals surface area contributed by atoms with Crippen LogP contribution >= 0.6 is 11.6 Å². The molecule has 126 valence electrons. The first-order chi connectivity index (χ1) is 11.7. The van der Waals surface area contributed by atoms with E-state index in [9.17, 15) is 0 Å². The van der Waals surface area contributed by atoms with Crippen LogP contribution in [0.2, 0.25) is 5.02 Å². The number of hydrogen-bond donors (Lipinski definition) is 3. The Hall–Kier alpha value is -1.98. The number of nitrogens with one attached hydrogen (secondary N) is 2. The molecular weight excluding hydrogens is 322 g/mol. The molecule has 0 aliphatic heterocycles. The van der Waals surface area contributed by atoms with Crippen LogP contribution < -0.4 is 11.1 Å². The number of benzene rings is 1. The number of fused-ring (bicyclic) bond motifs is 1. The second-order valence-electron chi connectivity index (χ2n) is 6.26. The van der Waals surface area contributed by atoms with Crippen LogP contribution in [0.1, 0.15) is 31.4 Å². The minimum atomic E-state index is 0.477. The molecule has 0 radical (unpaired) electrons. The molecule has 1 aliphatic rings. The molecule has 0 bridgehead atoms.